The molecular formula is C32H40ClN5O7. The minimum Gasteiger partial charge on any atom is -0.465 e. The summed E-state index contributed by atoms with van der Waals surface area (Å²) in [5, 5.41) is 17.3. The Morgan fingerprint density at radius 3 is 2.33 bits per heavy atom. The molecule has 13 heteroatoms. The highest BCUT2D eigenvalue weighted by Crippen LogP contribution is 2.25. The molecule has 0 spiro atoms. The summed E-state index contributed by atoms with van der Waals surface area (Å²) in [6.07, 6.45) is -1.34. The van der Waals surface area contributed by atoms with Gasteiger partial charge in [0.15, 0.2) is 0 Å². The fourth-order valence-electron chi connectivity index (χ4n) is 5.73. The third kappa shape index (κ3) is 9.18. The van der Waals surface area contributed by atoms with Gasteiger partial charge in [-0.1, -0.05) is 35.9 Å². The quantitative estimate of drug-likeness (QED) is 0.310. The van der Waals surface area contributed by atoms with E-state index in [1.807, 2.05) is 38.1 Å². The van der Waals surface area contributed by atoms with E-state index >= 15 is 0 Å². The molecule has 2 heterocycles. The molecule has 0 aliphatic carbocycles. The van der Waals surface area contributed by atoms with Gasteiger partial charge < -0.3 is 35.6 Å². The first kappa shape index (κ1) is 33.7. The first-order chi connectivity index (χ1) is 21.4. The molecule has 4 rings (SSSR count). The van der Waals surface area contributed by atoms with Gasteiger partial charge >= 0.3 is 6.09 Å². The second-order valence-corrected chi connectivity index (χ2v) is 12.0. The predicted octanol–water partition coefficient (Wildman–Crippen LogP) is 3.10. The number of fused-ring (bicyclic) bond motifs is 1. The summed E-state index contributed by atoms with van der Waals surface area (Å²) >= 11 is 6.11. The van der Waals surface area contributed by atoms with Crippen molar-refractivity contribution in [2.24, 2.45) is 0 Å². The van der Waals surface area contributed by atoms with Crippen LogP contribution in [0.25, 0.3) is 0 Å². The molecule has 0 aromatic heterocycles. The number of ether oxygens (including phenoxy) is 1. The Morgan fingerprint density at radius 2 is 1.67 bits per heavy atom. The first-order valence-corrected chi connectivity index (χ1v) is 15.4. The largest absolute Gasteiger partial charge is 0.465 e. The molecule has 0 radical (unpaired) electrons. The monoisotopic (exact) mass is 641 g/mol. The van der Waals surface area contributed by atoms with E-state index < -0.39 is 30.0 Å². The molecule has 12 nitrogen and oxygen atoms in total. The first-order valence-electron chi connectivity index (χ1n) is 15.0. The summed E-state index contributed by atoms with van der Waals surface area (Å²) in [4.78, 5) is 67.9. The standard InChI is InChI=1S/C32H40ClN5O7/c1-19-14-24(8-9-25(19)33)35-30(41)26(12-13-34-32(43)44)36-31(42)27-15-22-6-4-5-7-23(22)18-38(27)29(40)11-10-28(39)37-16-20(2)45-21(3)17-37/h4-9,14,20-21,26-27,34H,10-13,15-18H2,1-3H3,(H,35,41)(H,36,42)(H,43,44)/t20-,21+,26?,27?. The molecule has 2 unspecified atom stereocenters. The number of anilines is 1. The molecule has 1 saturated heterocycles. The minimum absolute atomic E-state index is 0.00282. The van der Waals surface area contributed by atoms with Gasteiger partial charge in [-0.25, -0.2) is 4.79 Å². The third-order valence-electron chi connectivity index (χ3n) is 7.96. The highest BCUT2D eigenvalue weighted by Gasteiger charge is 2.36. The highest BCUT2D eigenvalue weighted by atomic mass is 35.5. The van der Waals surface area contributed by atoms with E-state index in [-0.39, 0.29) is 62.8 Å². The number of hydrogen-bond donors (Lipinski definition) is 4. The van der Waals surface area contributed by atoms with Crippen LogP contribution in [0, 0.1) is 6.92 Å². The molecule has 2 aliphatic heterocycles. The molecular weight excluding hydrogens is 602 g/mol. The molecule has 2 aliphatic rings. The van der Waals surface area contributed by atoms with Crippen LogP contribution in [0.15, 0.2) is 42.5 Å². The molecule has 45 heavy (non-hydrogen) atoms. The van der Waals surface area contributed by atoms with E-state index in [0.717, 1.165) is 16.7 Å². The molecule has 5 amide bonds. The predicted molar refractivity (Wildman–Crippen MR) is 168 cm³/mol. The van der Waals surface area contributed by atoms with Gasteiger partial charge in [-0.2, -0.15) is 0 Å². The van der Waals surface area contributed by atoms with E-state index in [2.05, 4.69) is 16.0 Å². The lowest BCUT2D eigenvalue weighted by atomic mass is 9.92. The van der Waals surface area contributed by atoms with Crippen LogP contribution in [-0.2, 0) is 36.9 Å². The van der Waals surface area contributed by atoms with Crippen LogP contribution < -0.4 is 16.0 Å². The van der Waals surface area contributed by atoms with Gasteiger partial charge in [-0.15, -0.1) is 0 Å². The average Bonchev–Trinajstić information content (AvgIpc) is 2.99. The summed E-state index contributed by atoms with van der Waals surface area (Å²) in [5.41, 5.74) is 3.01. The zero-order valence-corrected chi connectivity index (χ0v) is 26.4. The van der Waals surface area contributed by atoms with Crippen molar-refractivity contribution >= 4 is 47.0 Å². The van der Waals surface area contributed by atoms with Gasteiger partial charge in [-0.05, 0) is 62.1 Å². The molecule has 2 aromatic carbocycles. The number of nitrogens with one attached hydrogen (secondary N) is 3. The Labute approximate surface area is 267 Å². The Balaban J connectivity index is 1.49. The fraction of sp³-hybridized carbons (Fsp3) is 0.469. The summed E-state index contributed by atoms with van der Waals surface area (Å²) in [5.74, 6) is -1.60. The van der Waals surface area contributed by atoms with Crippen molar-refractivity contribution < 1.29 is 33.8 Å². The minimum atomic E-state index is -1.26. The van der Waals surface area contributed by atoms with Gasteiger partial charge in [0, 0.05) is 56.2 Å². The number of carbonyl (C=O) groups is 5. The van der Waals surface area contributed by atoms with Crippen molar-refractivity contribution in [3.8, 4) is 0 Å². The van der Waals surface area contributed by atoms with E-state index in [0.29, 0.717) is 23.8 Å². The van der Waals surface area contributed by atoms with Gasteiger partial charge in [0.25, 0.3) is 0 Å². The number of morpholine rings is 1. The maximum absolute atomic E-state index is 13.8. The van der Waals surface area contributed by atoms with Gasteiger partial charge in [0.1, 0.15) is 12.1 Å². The van der Waals surface area contributed by atoms with E-state index in [4.69, 9.17) is 21.4 Å². The number of hydrogen-bond acceptors (Lipinski definition) is 6. The zero-order valence-electron chi connectivity index (χ0n) is 25.7. The number of benzene rings is 2. The van der Waals surface area contributed by atoms with Crippen molar-refractivity contribution in [2.75, 3.05) is 25.0 Å². The van der Waals surface area contributed by atoms with Crippen LogP contribution in [0.3, 0.4) is 0 Å². The zero-order chi connectivity index (χ0) is 32.7. The molecule has 4 N–H and O–H groups in total. The Hall–Kier alpha value is -4.16. The van der Waals surface area contributed by atoms with E-state index in [9.17, 15) is 24.0 Å². The number of nitrogens with zero attached hydrogens (tertiary/aromatic N) is 2. The van der Waals surface area contributed by atoms with Crippen LogP contribution in [-0.4, -0.2) is 88.6 Å². The number of halogens is 1. The highest BCUT2D eigenvalue weighted by molar-refractivity contribution is 6.31. The van der Waals surface area contributed by atoms with Gasteiger partial charge in [0.05, 0.1) is 12.2 Å². The lowest BCUT2D eigenvalue weighted by Gasteiger charge is -2.37. The molecule has 2 aromatic rings. The fourth-order valence-corrected chi connectivity index (χ4v) is 5.85. The molecule has 4 atom stereocenters. The summed E-state index contributed by atoms with van der Waals surface area (Å²) in [6.45, 7) is 6.58. The van der Waals surface area contributed by atoms with Crippen LogP contribution in [0.4, 0.5) is 10.5 Å². The van der Waals surface area contributed by atoms with Crippen LogP contribution in [0.1, 0.15) is 49.8 Å². The summed E-state index contributed by atoms with van der Waals surface area (Å²) < 4.78 is 5.71. The average molecular weight is 642 g/mol. The second-order valence-electron chi connectivity index (χ2n) is 11.6. The Bertz CT molecular complexity index is 1430. The molecule has 242 valence electrons. The lowest BCUT2D eigenvalue weighted by molar-refractivity contribution is -0.147. The van der Waals surface area contributed by atoms with Crippen LogP contribution in [0.5, 0.6) is 0 Å². The van der Waals surface area contributed by atoms with Crippen LogP contribution >= 0.6 is 11.6 Å². The smallest absolute Gasteiger partial charge is 0.404 e. The van der Waals surface area contributed by atoms with Crippen LogP contribution in [0.2, 0.25) is 5.02 Å². The topological polar surface area (TPSA) is 157 Å². The van der Waals surface area contributed by atoms with Crippen molar-refractivity contribution in [1.82, 2.24) is 20.4 Å². The maximum Gasteiger partial charge on any atom is 0.404 e. The Morgan fingerprint density at radius 1 is 1.00 bits per heavy atom. The van der Waals surface area contributed by atoms with Gasteiger partial charge in [-0.3, -0.25) is 19.2 Å². The second kappa shape index (κ2) is 15.2. The summed E-state index contributed by atoms with van der Waals surface area (Å²) in [7, 11) is 0. The van der Waals surface area contributed by atoms with E-state index in [1.54, 1.807) is 30.0 Å². The number of rotatable bonds is 10. The van der Waals surface area contributed by atoms with Crippen molar-refractivity contribution in [2.45, 2.75) is 77.3 Å². The lowest BCUT2D eigenvalue weighted by Crippen LogP contribution is -2.56. The molecule has 0 saturated carbocycles. The number of aryl methyl sites for hydroxylation is 1. The number of amides is 5. The Kier molecular flexibility index (Phi) is 11.4. The van der Waals surface area contributed by atoms with Crippen molar-refractivity contribution in [3.05, 3.63) is 64.2 Å². The maximum atomic E-state index is 13.8. The molecule has 1 fully saturated rings. The van der Waals surface area contributed by atoms with Gasteiger partial charge in [0.2, 0.25) is 23.6 Å². The number of carboxylic acid groups (broad SMARTS) is 1. The SMILES string of the molecule is Cc1cc(NC(=O)C(CCNC(=O)O)NC(=O)C2Cc3ccccc3CN2C(=O)CCC(=O)N2C[C@@H](C)O[C@@H](C)C2)ccc1Cl. The summed E-state index contributed by atoms with van der Waals surface area (Å²) in [6, 6.07) is 10.4. The number of carbonyl (C=O) groups excluding carboxylic acids is 4. The third-order valence-corrected chi connectivity index (χ3v) is 8.39. The van der Waals surface area contributed by atoms with Crippen molar-refractivity contribution in [3.63, 3.8) is 0 Å². The normalized spacial score (nSPS) is 20.0. The van der Waals surface area contributed by atoms with Crippen molar-refractivity contribution in [1.29, 1.82) is 0 Å². The molecule has 0 bridgehead atoms. The van der Waals surface area contributed by atoms with E-state index in [1.165, 1.54) is 4.90 Å².